The first-order valence-electron chi connectivity index (χ1n) is 5.50. The Morgan fingerprint density at radius 3 is 3.18 bits per heavy atom. The molecule has 0 fully saturated rings. The summed E-state index contributed by atoms with van der Waals surface area (Å²) in [5, 5.41) is 3.74. The number of carbonyl (C=O) groups is 1. The first-order chi connectivity index (χ1) is 8.16. The van der Waals surface area contributed by atoms with Gasteiger partial charge in [0, 0.05) is 23.6 Å². The Morgan fingerprint density at radius 1 is 1.53 bits per heavy atom. The largest absolute Gasteiger partial charge is 0.382 e. The van der Waals surface area contributed by atoms with Crippen LogP contribution < -0.4 is 11.1 Å². The molecule has 1 atom stereocenters. The molecule has 3 N–H and O–H groups in total. The van der Waals surface area contributed by atoms with Gasteiger partial charge < -0.3 is 11.1 Å². The van der Waals surface area contributed by atoms with Gasteiger partial charge in [-0.25, -0.2) is 4.98 Å². The fourth-order valence-electron chi connectivity index (χ4n) is 2.35. The van der Waals surface area contributed by atoms with Crippen LogP contribution in [0.5, 0.6) is 0 Å². The summed E-state index contributed by atoms with van der Waals surface area (Å²) >= 11 is 0. The number of nitrogens with one attached hydrogen (secondary N) is 1. The summed E-state index contributed by atoms with van der Waals surface area (Å²) in [4.78, 5) is 19.9. The normalized spacial score (nSPS) is 18.9. The standard InChI is InChI=1S/C12H12N4O/c1-6-5-8(17)15-12-9(6)7-3-2-4-14-10(7)11(13)16-12/h2-4,6H,5H2,1H3,(H3,13,15,16,17). The lowest BCUT2D eigenvalue weighted by Gasteiger charge is -2.23. The average Bonchev–Trinajstić information content (AvgIpc) is 2.28. The minimum atomic E-state index is -0.0138. The van der Waals surface area contributed by atoms with Crippen molar-refractivity contribution in [2.45, 2.75) is 19.3 Å². The summed E-state index contributed by atoms with van der Waals surface area (Å²) in [5.74, 6) is 1.05. The molecule has 5 nitrogen and oxygen atoms in total. The third kappa shape index (κ3) is 1.43. The van der Waals surface area contributed by atoms with Crippen LogP contribution in [0.15, 0.2) is 18.3 Å². The monoisotopic (exact) mass is 228 g/mol. The molecule has 0 aromatic carbocycles. The number of pyridine rings is 2. The zero-order valence-corrected chi connectivity index (χ0v) is 9.40. The molecule has 86 valence electrons. The summed E-state index contributed by atoms with van der Waals surface area (Å²) in [6.45, 7) is 2.02. The summed E-state index contributed by atoms with van der Waals surface area (Å²) in [6, 6.07) is 3.83. The number of aromatic nitrogens is 2. The number of nitrogen functional groups attached to an aromatic ring is 1. The van der Waals surface area contributed by atoms with Crippen LogP contribution in [-0.2, 0) is 4.79 Å². The van der Waals surface area contributed by atoms with Crippen molar-refractivity contribution >= 4 is 28.4 Å². The zero-order chi connectivity index (χ0) is 12.0. The highest BCUT2D eigenvalue weighted by Gasteiger charge is 2.26. The van der Waals surface area contributed by atoms with Crippen LogP contribution >= 0.6 is 0 Å². The average molecular weight is 228 g/mol. The number of nitrogens with two attached hydrogens (primary N) is 1. The van der Waals surface area contributed by atoms with E-state index in [0.717, 1.165) is 10.9 Å². The highest BCUT2D eigenvalue weighted by Crippen LogP contribution is 2.37. The molecule has 0 saturated carbocycles. The van der Waals surface area contributed by atoms with Crippen LogP contribution in [0, 0.1) is 0 Å². The molecule has 3 rings (SSSR count). The lowest BCUT2D eigenvalue weighted by Crippen LogP contribution is -2.23. The fourth-order valence-corrected chi connectivity index (χ4v) is 2.35. The Kier molecular flexibility index (Phi) is 2.01. The molecule has 0 saturated heterocycles. The van der Waals surface area contributed by atoms with Gasteiger partial charge in [0.05, 0.1) is 0 Å². The number of hydrogen-bond donors (Lipinski definition) is 2. The predicted octanol–water partition coefficient (Wildman–Crippen LogP) is 1.66. The predicted molar refractivity (Wildman–Crippen MR) is 65.6 cm³/mol. The van der Waals surface area contributed by atoms with E-state index in [0.29, 0.717) is 23.6 Å². The molecule has 1 aliphatic rings. The zero-order valence-electron chi connectivity index (χ0n) is 9.40. The van der Waals surface area contributed by atoms with Crippen LogP contribution in [0.1, 0.15) is 24.8 Å². The SMILES string of the molecule is CC1CC(=O)Nc2nc(N)c3ncccc3c21. The quantitative estimate of drug-likeness (QED) is 0.718. The molecular weight excluding hydrogens is 216 g/mol. The van der Waals surface area contributed by atoms with E-state index in [4.69, 9.17) is 5.73 Å². The van der Waals surface area contributed by atoms with Gasteiger partial charge in [0.1, 0.15) is 11.3 Å². The van der Waals surface area contributed by atoms with Crippen molar-refractivity contribution in [1.82, 2.24) is 9.97 Å². The lowest BCUT2D eigenvalue weighted by molar-refractivity contribution is -0.116. The topological polar surface area (TPSA) is 80.9 Å². The van der Waals surface area contributed by atoms with Gasteiger partial charge in [-0.2, -0.15) is 0 Å². The van der Waals surface area contributed by atoms with Gasteiger partial charge in [-0.05, 0) is 12.0 Å². The molecule has 0 aliphatic carbocycles. The van der Waals surface area contributed by atoms with E-state index in [1.54, 1.807) is 6.20 Å². The molecule has 2 aromatic heterocycles. The van der Waals surface area contributed by atoms with E-state index < -0.39 is 0 Å². The Bertz CT molecular complexity index is 623. The van der Waals surface area contributed by atoms with Gasteiger partial charge in [0.25, 0.3) is 0 Å². The van der Waals surface area contributed by atoms with Crippen LogP contribution in [-0.4, -0.2) is 15.9 Å². The summed E-state index contributed by atoms with van der Waals surface area (Å²) < 4.78 is 0. The third-order valence-corrected chi connectivity index (χ3v) is 3.07. The smallest absolute Gasteiger partial charge is 0.226 e. The maximum absolute atomic E-state index is 11.5. The van der Waals surface area contributed by atoms with E-state index in [1.807, 2.05) is 19.1 Å². The van der Waals surface area contributed by atoms with Gasteiger partial charge in [-0.3, -0.25) is 9.78 Å². The van der Waals surface area contributed by atoms with Crippen molar-refractivity contribution in [1.29, 1.82) is 0 Å². The van der Waals surface area contributed by atoms with E-state index in [9.17, 15) is 4.79 Å². The van der Waals surface area contributed by atoms with E-state index in [2.05, 4.69) is 15.3 Å². The van der Waals surface area contributed by atoms with E-state index >= 15 is 0 Å². The number of nitrogens with zero attached hydrogens (tertiary/aromatic N) is 2. The van der Waals surface area contributed by atoms with Crippen LogP contribution in [0.25, 0.3) is 10.9 Å². The first-order valence-corrected chi connectivity index (χ1v) is 5.50. The fraction of sp³-hybridized carbons (Fsp3) is 0.250. The number of anilines is 2. The van der Waals surface area contributed by atoms with Crippen LogP contribution in [0.2, 0.25) is 0 Å². The second-order valence-corrected chi connectivity index (χ2v) is 4.31. The third-order valence-electron chi connectivity index (χ3n) is 3.07. The number of hydrogen-bond acceptors (Lipinski definition) is 4. The van der Waals surface area contributed by atoms with E-state index in [1.165, 1.54) is 0 Å². The second kappa shape index (κ2) is 3.41. The van der Waals surface area contributed by atoms with Gasteiger partial charge in [0.15, 0.2) is 5.82 Å². The van der Waals surface area contributed by atoms with Gasteiger partial charge in [0.2, 0.25) is 5.91 Å². The van der Waals surface area contributed by atoms with Gasteiger partial charge in [-0.1, -0.05) is 13.0 Å². The molecule has 2 aromatic rings. The number of fused-ring (bicyclic) bond motifs is 3. The molecule has 1 amide bonds. The molecule has 3 heterocycles. The maximum Gasteiger partial charge on any atom is 0.226 e. The summed E-state index contributed by atoms with van der Waals surface area (Å²) in [5.41, 5.74) is 7.58. The molecule has 0 spiro atoms. The van der Waals surface area contributed by atoms with Crippen LogP contribution in [0.4, 0.5) is 11.6 Å². The Morgan fingerprint density at radius 2 is 2.35 bits per heavy atom. The van der Waals surface area contributed by atoms with Crippen molar-refractivity contribution in [3.8, 4) is 0 Å². The molecular formula is C12H12N4O. The molecule has 0 bridgehead atoms. The number of amides is 1. The Labute approximate surface area is 98.1 Å². The van der Waals surface area contributed by atoms with Crippen LogP contribution in [0.3, 0.4) is 0 Å². The highest BCUT2D eigenvalue weighted by atomic mass is 16.1. The van der Waals surface area contributed by atoms with E-state index in [-0.39, 0.29) is 11.8 Å². The van der Waals surface area contributed by atoms with Crippen molar-refractivity contribution < 1.29 is 4.79 Å². The minimum Gasteiger partial charge on any atom is -0.382 e. The van der Waals surface area contributed by atoms with Gasteiger partial charge in [-0.15, -0.1) is 0 Å². The lowest BCUT2D eigenvalue weighted by atomic mass is 9.91. The molecule has 0 radical (unpaired) electrons. The molecule has 17 heavy (non-hydrogen) atoms. The summed E-state index contributed by atoms with van der Waals surface area (Å²) in [6.07, 6.45) is 2.17. The minimum absolute atomic E-state index is 0.0138. The van der Waals surface area contributed by atoms with Crippen molar-refractivity contribution in [3.05, 3.63) is 23.9 Å². The van der Waals surface area contributed by atoms with Gasteiger partial charge >= 0.3 is 0 Å². The molecule has 5 heteroatoms. The Balaban J connectivity index is 2.38. The number of rotatable bonds is 0. The highest BCUT2D eigenvalue weighted by molar-refractivity contribution is 6.01. The molecule has 1 unspecified atom stereocenters. The number of carbonyl (C=O) groups excluding carboxylic acids is 1. The summed E-state index contributed by atoms with van der Waals surface area (Å²) in [7, 11) is 0. The second-order valence-electron chi connectivity index (χ2n) is 4.31. The van der Waals surface area contributed by atoms with Crippen molar-refractivity contribution in [2.24, 2.45) is 0 Å². The molecule has 1 aliphatic heterocycles. The maximum atomic E-state index is 11.5. The van der Waals surface area contributed by atoms with Crippen molar-refractivity contribution in [3.63, 3.8) is 0 Å². The first kappa shape index (κ1) is 10.0. The van der Waals surface area contributed by atoms with Crippen molar-refractivity contribution in [2.75, 3.05) is 11.1 Å². The Hall–Kier alpha value is -2.17.